The Bertz CT molecular complexity index is 373. The molecule has 1 fully saturated rings. The molecule has 1 saturated carbocycles. The van der Waals surface area contributed by atoms with Gasteiger partial charge >= 0.3 is 0 Å². The molecule has 0 spiro atoms. The van der Waals surface area contributed by atoms with E-state index in [1.807, 2.05) is 6.20 Å². The first-order chi connectivity index (χ1) is 7.16. The summed E-state index contributed by atoms with van der Waals surface area (Å²) in [5.74, 6) is 0.552. The van der Waals surface area contributed by atoms with Crippen molar-refractivity contribution < 1.29 is 9.90 Å². The Morgan fingerprint density at radius 3 is 3.00 bits per heavy atom. The molecule has 1 aliphatic carbocycles. The average molecular weight is 227 g/mol. The Morgan fingerprint density at radius 2 is 2.47 bits per heavy atom. The Labute approximate surface area is 91.9 Å². The van der Waals surface area contributed by atoms with Crippen molar-refractivity contribution >= 4 is 16.9 Å². The van der Waals surface area contributed by atoms with E-state index in [0.29, 0.717) is 5.75 Å². The van der Waals surface area contributed by atoms with Crippen molar-refractivity contribution in [2.24, 2.45) is 0 Å². The van der Waals surface area contributed by atoms with Gasteiger partial charge in [0.15, 0.2) is 5.12 Å². The van der Waals surface area contributed by atoms with Gasteiger partial charge in [0.1, 0.15) is 0 Å². The van der Waals surface area contributed by atoms with Gasteiger partial charge in [-0.3, -0.25) is 4.79 Å². The molecule has 1 N–H and O–H groups in total. The second-order valence-corrected chi connectivity index (χ2v) is 4.97. The van der Waals surface area contributed by atoms with Crippen molar-refractivity contribution in [3.05, 3.63) is 11.9 Å². The van der Waals surface area contributed by atoms with Crippen LogP contribution in [0.25, 0.3) is 0 Å². The molecule has 0 unspecified atom stereocenters. The van der Waals surface area contributed by atoms with E-state index in [1.165, 1.54) is 18.7 Å². The fourth-order valence-electron chi connectivity index (χ4n) is 1.38. The lowest BCUT2D eigenvalue weighted by atomic mass is 10.3. The lowest BCUT2D eigenvalue weighted by molar-refractivity contribution is -0.109. The first kappa shape index (κ1) is 10.6. The van der Waals surface area contributed by atoms with Gasteiger partial charge in [0.05, 0.1) is 24.0 Å². The second kappa shape index (κ2) is 3.94. The molecule has 0 aromatic carbocycles. The van der Waals surface area contributed by atoms with Gasteiger partial charge in [-0.2, -0.15) is 0 Å². The highest BCUT2D eigenvalue weighted by Gasteiger charge is 2.45. The number of hydrogen-bond donors (Lipinski definition) is 1. The summed E-state index contributed by atoms with van der Waals surface area (Å²) in [4.78, 5) is 10.8. The van der Waals surface area contributed by atoms with Crippen molar-refractivity contribution in [3.63, 3.8) is 0 Å². The largest absolute Gasteiger partial charge is 0.394 e. The molecule has 0 aliphatic heterocycles. The smallest absolute Gasteiger partial charge is 0.186 e. The van der Waals surface area contributed by atoms with Gasteiger partial charge in [-0.1, -0.05) is 17.0 Å². The zero-order valence-electron chi connectivity index (χ0n) is 8.51. The Morgan fingerprint density at radius 1 is 1.73 bits per heavy atom. The van der Waals surface area contributed by atoms with Crippen LogP contribution in [0.4, 0.5) is 0 Å². The summed E-state index contributed by atoms with van der Waals surface area (Å²) < 4.78 is 1.73. The molecule has 1 aliphatic rings. The molecule has 0 atom stereocenters. The maximum atomic E-state index is 10.8. The third-order valence-corrected chi connectivity index (χ3v) is 3.42. The minimum atomic E-state index is -0.202. The number of aliphatic hydroxyl groups excluding tert-OH is 1. The van der Waals surface area contributed by atoms with Crippen molar-refractivity contribution in [1.82, 2.24) is 15.0 Å². The number of rotatable bonds is 4. The quantitative estimate of drug-likeness (QED) is 0.813. The number of aromatic nitrogens is 3. The van der Waals surface area contributed by atoms with Gasteiger partial charge < -0.3 is 5.11 Å². The summed E-state index contributed by atoms with van der Waals surface area (Å²) in [7, 11) is 0. The third kappa shape index (κ3) is 2.21. The van der Waals surface area contributed by atoms with E-state index in [0.717, 1.165) is 18.5 Å². The molecule has 82 valence electrons. The van der Waals surface area contributed by atoms with E-state index in [1.54, 1.807) is 4.68 Å². The molecule has 0 bridgehead atoms. The third-order valence-electron chi connectivity index (χ3n) is 2.57. The van der Waals surface area contributed by atoms with E-state index in [9.17, 15) is 9.90 Å². The van der Waals surface area contributed by atoms with Gasteiger partial charge in [-0.25, -0.2) is 4.68 Å². The van der Waals surface area contributed by atoms with Crippen LogP contribution in [0.1, 0.15) is 25.5 Å². The van der Waals surface area contributed by atoms with E-state index in [4.69, 9.17) is 0 Å². The van der Waals surface area contributed by atoms with Crippen LogP contribution < -0.4 is 0 Å². The zero-order chi connectivity index (χ0) is 10.9. The highest BCUT2D eigenvalue weighted by atomic mass is 32.2. The summed E-state index contributed by atoms with van der Waals surface area (Å²) in [5, 5.41) is 17.2. The number of carbonyl (C=O) groups is 1. The average Bonchev–Trinajstić information content (AvgIpc) is 2.87. The van der Waals surface area contributed by atoms with Crippen molar-refractivity contribution in [1.29, 1.82) is 0 Å². The van der Waals surface area contributed by atoms with Crippen LogP contribution in [0.5, 0.6) is 0 Å². The van der Waals surface area contributed by atoms with Crippen LogP contribution in [0, 0.1) is 0 Å². The lowest BCUT2D eigenvalue weighted by Crippen LogP contribution is -2.21. The van der Waals surface area contributed by atoms with E-state index in [2.05, 4.69) is 10.3 Å². The van der Waals surface area contributed by atoms with Crippen molar-refractivity contribution in [2.75, 3.05) is 6.61 Å². The number of thioether (sulfide) groups is 1. The van der Waals surface area contributed by atoms with Crippen molar-refractivity contribution in [3.8, 4) is 0 Å². The van der Waals surface area contributed by atoms with E-state index in [-0.39, 0.29) is 17.3 Å². The van der Waals surface area contributed by atoms with Gasteiger partial charge in [0.2, 0.25) is 0 Å². The monoisotopic (exact) mass is 227 g/mol. The summed E-state index contributed by atoms with van der Waals surface area (Å²) in [5.41, 5.74) is 0.585. The van der Waals surface area contributed by atoms with Crippen LogP contribution in [0.3, 0.4) is 0 Å². The fraction of sp³-hybridized carbons (Fsp3) is 0.667. The molecule has 2 rings (SSSR count). The molecule has 1 heterocycles. The highest BCUT2D eigenvalue weighted by Crippen LogP contribution is 2.42. The van der Waals surface area contributed by atoms with E-state index < -0.39 is 0 Å². The maximum Gasteiger partial charge on any atom is 0.186 e. The summed E-state index contributed by atoms with van der Waals surface area (Å²) >= 11 is 1.22. The van der Waals surface area contributed by atoms with Crippen LogP contribution >= 0.6 is 11.8 Å². The van der Waals surface area contributed by atoms with Gasteiger partial charge in [-0.15, -0.1) is 5.10 Å². The van der Waals surface area contributed by atoms with E-state index >= 15 is 0 Å². The summed E-state index contributed by atoms with van der Waals surface area (Å²) in [6.07, 6.45) is 3.72. The highest BCUT2D eigenvalue weighted by molar-refractivity contribution is 8.12. The lowest BCUT2D eigenvalue weighted by Gasteiger charge is -2.09. The van der Waals surface area contributed by atoms with Crippen LogP contribution in [0.15, 0.2) is 6.20 Å². The standard InChI is InChI=1S/C9H13N3O2S/c1-7(14)15-5-8-4-12(11-10-8)9(6-13)2-3-9/h4,13H,2-3,5-6H2,1H3. The van der Waals surface area contributed by atoms with Crippen LogP contribution in [0.2, 0.25) is 0 Å². The minimum Gasteiger partial charge on any atom is -0.394 e. The van der Waals surface area contributed by atoms with Crippen LogP contribution in [-0.2, 0) is 16.1 Å². The number of nitrogens with zero attached hydrogens (tertiary/aromatic N) is 3. The van der Waals surface area contributed by atoms with Crippen LogP contribution in [-0.4, -0.2) is 31.8 Å². The predicted octanol–water partition coefficient (Wildman–Crippen LogP) is 0.539. The SMILES string of the molecule is CC(=O)SCc1cn(C2(CO)CC2)nn1. The number of carbonyl (C=O) groups excluding carboxylic acids is 1. The first-order valence-electron chi connectivity index (χ1n) is 4.82. The molecule has 0 radical (unpaired) electrons. The molecular weight excluding hydrogens is 214 g/mol. The second-order valence-electron chi connectivity index (χ2n) is 3.82. The fourth-order valence-corrected chi connectivity index (χ4v) is 1.86. The zero-order valence-corrected chi connectivity index (χ0v) is 9.33. The van der Waals surface area contributed by atoms with Gasteiger partial charge in [-0.05, 0) is 12.8 Å². The van der Waals surface area contributed by atoms with Gasteiger partial charge in [0, 0.05) is 12.7 Å². The number of aliphatic hydroxyl groups is 1. The Kier molecular flexibility index (Phi) is 2.79. The first-order valence-corrected chi connectivity index (χ1v) is 5.81. The number of hydrogen-bond acceptors (Lipinski definition) is 5. The predicted molar refractivity (Wildman–Crippen MR) is 56.3 cm³/mol. The molecule has 5 nitrogen and oxygen atoms in total. The van der Waals surface area contributed by atoms with Gasteiger partial charge in [0.25, 0.3) is 0 Å². The molecular formula is C9H13N3O2S. The molecule has 1 aromatic rings. The Hall–Kier alpha value is -0.880. The normalized spacial score (nSPS) is 17.7. The summed E-state index contributed by atoms with van der Waals surface area (Å²) in [6, 6.07) is 0. The topological polar surface area (TPSA) is 68.0 Å². The molecule has 1 aromatic heterocycles. The Balaban J connectivity index is 2.01. The summed E-state index contributed by atoms with van der Waals surface area (Å²) in [6.45, 7) is 1.64. The molecule has 0 saturated heterocycles. The maximum absolute atomic E-state index is 10.8. The minimum absolute atomic E-state index is 0.0767. The molecule has 6 heteroatoms. The molecule has 0 amide bonds. The molecule has 15 heavy (non-hydrogen) atoms. The van der Waals surface area contributed by atoms with Crippen molar-refractivity contribution in [2.45, 2.75) is 31.1 Å².